The monoisotopic (exact) mass is 370 g/mol. The van der Waals surface area contributed by atoms with E-state index in [1.165, 1.54) is 0 Å². The lowest BCUT2D eigenvalue weighted by atomic mass is 10.0. The predicted molar refractivity (Wildman–Crippen MR) is 105 cm³/mol. The number of benzene rings is 1. The van der Waals surface area contributed by atoms with Crippen LogP contribution in [0.5, 0.6) is 0 Å². The van der Waals surface area contributed by atoms with Crippen molar-refractivity contribution in [2.75, 3.05) is 0 Å². The molecule has 6 heteroatoms. The minimum Gasteiger partial charge on any atom is -0.345 e. The molecule has 0 aliphatic heterocycles. The highest BCUT2D eigenvalue weighted by molar-refractivity contribution is 6.30. The number of nitrogens with zero attached hydrogens (tertiary/aromatic N) is 3. The van der Waals surface area contributed by atoms with Gasteiger partial charge in [-0.05, 0) is 43.5 Å². The zero-order chi connectivity index (χ0) is 19.0. The second-order valence-corrected chi connectivity index (χ2v) is 7.34. The van der Waals surface area contributed by atoms with Gasteiger partial charge in [0.15, 0.2) is 5.65 Å². The number of carbonyl (C=O) groups is 1. The number of rotatable bonds is 4. The number of carbonyl (C=O) groups excluding carboxylic acids is 1. The summed E-state index contributed by atoms with van der Waals surface area (Å²) in [5.74, 6) is 0.0781. The van der Waals surface area contributed by atoms with E-state index in [-0.39, 0.29) is 17.9 Å². The third-order valence-electron chi connectivity index (χ3n) is 4.52. The van der Waals surface area contributed by atoms with Gasteiger partial charge in [0, 0.05) is 17.8 Å². The summed E-state index contributed by atoms with van der Waals surface area (Å²) in [5.41, 5.74) is 3.97. The first-order valence-electron chi connectivity index (χ1n) is 8.68. The van der Waals surface area contributed by atoms with Crippen molar-refractivity contribution in [1.82, 2.24) is 20.1 Å². The number of halogens is 1. The standard InChI is InChI=1S/C20H23ClN4O/c1-11(2)17-10-16(18-13(4)24-25(5)19(18)23-17)20(26)22-12(3)14-7-6-8-15(21)9-14/h6-12H,1-5H3,(H,22,26). The number of hydrogen-bond donors (Lipinski definition) is 1. The van der Waals surface area contributed by atoms with E-state index in [1.807, 2.05) is 51.2 Å². The highest BCUT2D eigenvalue weighted by Gasteiger charge is 2.21. The second-order valence-electron chi connectivity index (χ2n) is 6.91. The number of aryl methyl sites for hydroxylation is 2. The van der Waals surface area contributed by atoms with Crippen molar-refractivity contribution in [2.45, 2.75) is 39.7 Å². The van der Waals surface area contributed by atoms with Gasteiger partial charge in [0.25, 0.3) is 5.91 Å². The number of hydrogen-bond acceptors (Lipinski definition) is 3. The summed E-state index contributed by atoms with van der Waals surface area (Å²) in [7, 11) is 1.85. The summed E-state index contributed by atoms with van der Waals surface area (Å²) in [4.78, 5) is 17.7. The van der Waals surface area contributed by atoms with Gasteiger partial charge in [-0.3, -0.25) is 9.48 Å². The minimum atomic E-state index is -0.163. The summed E-state index contributed by atoms with van der Waals surface area (Å²) < 4.78 is 1.73. The number of pyridine rings is 1. The first-order valence-corrected chi connectivity index (χ1v) is 9.06. The molecule has 0 saturated carbocycles. The molecule has 0 saturated heterocycles. The molecule has 2 heterocycles. The summed E-state index contributed by atoms with van der Waals surface area (Å²) >= 11 is 6.07. The average molecular weight is 371 g/mol. The Morgan fingerprint density at radius 2 is 1.96 bits per heavy atom. The largest absolute Gasteiger partial charge is 0.345 e. The smallest absolute Gasteiger partial charge is 0.252 e. The van der Waals surface area contributed by atoms with E-state index in [4.69, 9.17) is 16.6 Å². The molecule has 0 spiro atoms. The quantitative estimate of drug-likeness (QED) is 0.733. The molecule has 26 heavy (non-hydrogen) atoms. The lowest BCUT2D eigenvalue weighted by Gasteiger charge is -2.16. The van der Waals surface area contributed by atoms with Crippen LogP contribution in [-0.2, 0) is 7.05 Å². The average Bonchev–Trinajstić information content (AvgIpc) is 2.88. The summed E-state index contributed by atoms with van der Waals surface area (Å²) in [6, 6.07) is 9.23. The maximum Gasteiger partial charge on any atom is 0.252 e. The van der Waals surface area contributed by atoms with Crippen molar-refractivity contribution >= 4 is 28.5 Å². The fourth-order valence-corrected chi connectivity index (χ4v) is 3.27. The molecule has 0 aliphatic carbocycles. The molecular formula is C20H23ClN4O. The van der Waals surface area contributed by atoms with Crippen molar-refractivity contribution in [3.05, 3.63) is 57.9 Å². The lowest BCUT2D eigenvalue weighted by Crippen LogP contribution is -2.27. The molecule has 2 aromatic heterocycles. The van der Waals surface area contributed by atoms with E-state index < -0.39 is 0 Å². The number of nitrogens with one attached hydrogen (secondary N) is 1. The molecule has 136 valence electrons. The normalized spacial score (nSPS) is 12.6. The Hall–Kier alpha value is -2.40. The maximum absolute atomic E-state index is 13.1. The van der Waals surface area contributed by atoms with Crippen molar-refractivity contribution < 1.29 is 4.79 Å². The molecule has 0 bridgehead atoms. The summed E-state index contributed by atoms with van der Waals surface area (Å²) in [5, 5.41) is 8.96. The van der Waals surface area contributed by atoms with Gasteiger partial charge in [0.2, 0.25) is 0 Å². The van der Waals surface area contributed by atoms with Gasteiger partial charge in [-0.15, -0.1) is 0 Å². The fourth-order valence-electron chi connectivity index (χ4n) is 3.07. The van der Waals surface area contributed by atoms with E-state index in [0.717, 1.165) is 28.0 Å². The Morgan fingerprint density at radius 1 is 1.23 bits per heavy atom. The van der Waals surface area contributed by atoms with Crippen LogP contribution in [0.1, 0.15) is 60.0 Å². The van der Waals surface area contributed by atoms with Crippen LogP contribution in [0, 0.1) is 6.92 Å². The van der Waals surface area contributed by atoms with Crippen molar-refractivity contribution in [3.8, 4) is 0 Å². The van der Waals surface area contributed by atoms with Gasteiger partial charge in [0.1, 0.15) is 0 Å². The zero-order valence-electron chi connectivity index (χ0n) is 15.7. The van der Waals surface area contributed by atoms with E-state index in [1.54, 1.807) is 4.68 Å². The Kier molecular flexibility index (Phi) is 5.01. The Morgan fingerprint density at radius 3 is 2.62 bits per heavy atom. The van der Waals surface area contributed by atoms with Crippen LogP contribution in [0.15, 0.2) is 30.3 Å². The van der Waals surface area contributed by atoms with Crippen LogP contribution in [-0.4, -0.2) is 20.7 Å². The topological polar surface area (TPSA) is 59.8 Å². The minimum absolute atomic E-state index is 0.136. The van der Waals surface area contributed by atoms with Crippen LogP contribution in [0.4, 0.5) is 0 Å². The van der Waals surface area contributed by atoms with Gasteiger partial charge >= 0.3 is 0 Å². The third kappa shape index (κ3) is 3.44. The molecule has 1 amide bonds. The number of amides is 1. The van der Waals surface area contributed by atoms with Crippen LogP contribution in [0.3, 0.4) is 0 Å². The molecule has 0 radical (unpaired) electrons. The molecule has 1 atom stereocenters. The molecule has 1 N–H and O–H groups in total. The molecule has 0 fully saturated rings. The molecule has 5 nitrogen and oxygen atoms in total. The second kappa shape index (κ2) is 7.08. The number of aromatic nitrogens is 3. The highest BCUT2D eigenvalue weighted by atomic mass is 35.5. The van der Waals surface area contributed by atoms with Gasteiger partial charge in [-0.25, -0.2) is 4.98 Å². The van der Waals surface area contributed by atoms with Gasteiger partial charge in [-0.2, -0.15) is 5.10 Å². The zero-order valence-corrected chi connectivity index (χ0v) is 16.4. The molecule has 0 aliphatic rings. The Balaban J connectivity index is 2.02. The van der Waals surface area contributed by atoms with E-state index in [9.17, 15) is 4.79 Å². The van der Waals surface area contributed by atoms with Crippen molar-refractivity contribution in [2.24, 2.45) is 7.05 Å². The van der Waals surface area contributed by atoms with E-state index in [0.29, 0.717) is 10.6 Å². The van der Waals surface area contributed by atoms with Crippen LogP contribution in [0.2, 0.25) is 5.02 Å². The molecule has 1 aromatic carbocycles. The van der Waals surface area contributed by atoms with Gasteiger partial charge in [0.05, 0.1) is 22.7 Å². The fraction of sp³-hybridized carbons (Fsp3) is 0.350. The van der Waals surface area contributed by atoms with E-state index >= 15 is 0 Å². The first-order chi connectivity index (χ1) is 12.3. The SMILES string of the molecule is Cc1nn(C)c2nc(C(C)C)cc(C(=O)NC(C)c3cccc(Cl)c3)c12. The van der Waals surface area contributed by atoms with Crippen LogP contribution < -0.4 is 5.32 Å². The summed E-state index contributed by atoms with van der Waals surface area (Å²) in [6.45, 7) is 7.97. The van der Waals surface area contributed by atoms with E-state index in [2.05, 4.69) is 24.3 Å². The van der Waals surface area contributed by atoms with Crippen LogP contribution in [0.25, 0.3) is 11.0 Å². The summed E-state index contributed by atoms with van der Waals surface area (Å²) in [6.07, 6.45) is 0. The molecule has 1 unspecified atom stereocenters. The van der Waals surface area contributed by atoms with Crippen molar-refractivity contribution in [3.63, 3.8) is 0 Å². The van der Waals surface area contributed by atoms with Gasteiger partial charge < -0.3 is 5.32 Å². The molecular weight excluding hydrogens is 348 g/mol. The third-order valence-corrected chi connectivity index (χ3v) is 4.76. The highest BCUT2D eigenvalue weighted by Crippen LogP contribution is 2.26. The molecule has 3 rings (SSSR count). The predicted octanol–water partition coefficient (Wildman–Crippen LogP) is 4.54. The number of fused-ring (bicyclic) bond motifs is 1. The van der Waals surface area contributed by atoms with Crippen molar-refractivity contribution in [1.29, 1.82) is 0 Å². The molecule has 3 aromatic rings. The lowest BCUT2D eigenvalue weighted by molar-refractivity contribution is 0.0941. The Bertz CT molecular complexity index is 977. The maximum atomic E-state index is 13.1. The first kappa shape index (κ1) is 18.4. The van der Waals surface area contributed by atoms with Gasteiger partial charge in [-0.1, -0.05) is 37.6 Å². The van der Waals surface area contributed by atoms with Crippen LogP contribution >= 0.6 is 11.6 Å². The Labute approximate surface area is 158 Å².